The molecule has 1 amide bonds. The average molecular weight is 464 g/mol. The third-order valence-electron chi connectivity index (χ3n) is 3.87. The summed E-state index contributed by atoms with van der Waals surface area (Å²) >= 11 is 3.32. The fraction of sp³-hybridized carbons (Fsp3) is 0.238. The molecule has 8 heteroatoms. The summed E-state index contributed by atoms with van der Waals surface area (Å²) in [6.07, 6.45) is 1.80. The number of hydrogen-bond donors (Lipinski definition) is 1. The third kappa shape index (κ3) is 6.25. The number of benzene rings is 2. The van der Waals surface area contributed by atoms with Crippen molar-refractivity contribution < 1.29 is 28.5 Å². The van der Waals surface area contributed by atoms with Gasteiger partial charge in [-0.05, 0) is 55.0 Å². The van der Waals surface area contributed by atoms with Crippen LogP contribution in [0.15, 0.2) is 46.9 Å². The van der Waals surface area contributed by atoms with Crippen molar-refractivity contribution in [2.75, 3.05) is 26.6 Å². The summed E-state index contributed by atoms with van der Waals surface area (Å²) in [7, 11) is 4.52. The van der Waals surface area contributed by atoms with Gasteiger partial charge in [-0.1, -0.05) is 15.9 Å². The maximum Gasteiger partial charge on any atom is 0.331 e. The van der Waals surface area contributed by atoms with Crippen molar-refractivity contribution in [1.82, 2.24) is 0 Å². The largest absolute Gasteiger partial charge is 0.493 e. The number of methoxy groups -OCH3 is 3. The lowest BCUT2D eigenvalue weighted by Gasteiger charge is -2.13. The standard InChI is InChI=1S/C21H22BrNO6/c1-13(21(25)23-16-8-6-15(22)7-9-16)29-19(24)10-5-14-11-17(26-2)20(28-4)18(12-14)27-3/h5-13H,1-4H3,(H,23,25)/b10-5+. The normalized spacial score (nSPS) is 11.6. The maximum absolute atomic E-state index is 12.2. The Balaban J connectivity index is 2.01. The molecule has 0 aliphatic carbocycles. The fourth-order valence-electron chi connectivity index (χ4n) is 2.41. The van der Waals surface area contributed by atoms with Crippen molar-refractivity contribution in [3.63, 3.8) is 0 Å². The van der Waals surface area contributed by atoms with Gasteiger partial charge in [0.1, 0.15) is 0 Å². The fourth-order valence-corrected chi connectivity index (χ4v) is 2.67. The predicted octanol–water partition coefficient (Wildman–Crippen LogP) is 4.06. The first kappa shape index (κ1) is 22.3. The minimum absolute atomic E-state index is 0.429. The molecule has 2 aromatic carbocycles. The van der Waals surface area contributed by atoms with Gasteiger partial charge in [0, 0.05) is 16.2 Å². The number of rotatable bonds is 8. The summed E-state index contributed by atoms with van der Waals surface area (Å²) in [5.74, 6) is 0.288. The number of carbonyl (C=O) groups is 2. The minimum Gasteiger partial charge on any atom is -0.493 e. The molecule has 0 spiro atoms. The molecule has 0 fully saturated rings. The SMILES string of the molecule is COc1cc(/C=C/C(=O)OC(C)C(=O)Nc2ccc(Br)cc2)cc(OC)c1OC. The number of anilines is 1. The second kappa shape index (κ2) is 10.5. The van der Waals surface area contributed by atoms with E-state index in [0.29, 0.717) is 28.5 Å². The van der Waals surface area contributed by atoms with Crippen LogP contribution in [0.2, 0.25) is 0 Å². The van der Waals surface area contributed by atoms with E-state index in [0.717, 1.165) is 4.47 Å². The number of hydrogen-bond acceptors (Lipinski definition) is 6. The van der Waals surface area contributed by atoms with Crippen LogP contribution in [-0.4, -0.2) is 39.3 Å². The topological polar surface area (TPSA) is 83.1 Å². The molecule has 154 valence electrons. The molecule has 0 aromatic heterocycles. The number of halogens is 1. The Kier molecular flexibility index (Phi) is 8.09. The van der Waals surface area contributed by atoms with E-state index in [4.69, 9.17) is 18.9 Å². The molecule has 0 aliphatic rings. The van der Waals surface area contributed by atoms with Gasteiger partial charge in [-0.2, -0.15) is 0 Å². The maximum atomic E-state index is 12.2. The van der Waals surface area contributed by atoms with Crippen LogP contribution < -0.4 is 19.5 Å². The highest BCUT2D eigenvalue weighted by Gasteiger charge is 2.17. The molecule has 1 unspecified atom stereocenters. The van der Waals surface area contributed by atoms with Crippen molar-refractivity contribution in [3.8, 4) is 17.2 Å². The molecule has 0 saturated heterocycles. The van der Waals surface area contributed by atoms with Crippen LogP contribution in [0.4, 0.5) is 5.69 Å². The summed E-state index contributed by atoms with van der Waals surface area (Å²) < 4.78 is 21.9. The Morgan fingerprint density at radius 2 is 1.59 bits per heavy atom. The van der Waals surface area contributed by atoms with Crippen molar-refractivity contribution in [2.24, 2.45) is 0 Å². The quantitative estimate of drug-likeness (QED) is 0.469. The van der Waals surface area contributed by atoms with Crippen molar-refractivity contribution >= 4 is 39.6 Å². The highest BCUT2D eigenvalue weighted by atomic mass is 79.9. The van der Waals surface area contributed by atoms with Gasteiger partial charge in [0.15, 0.2) is 17.6 Å². The molecule has 0 radical (unpaired) electrons. The lowest BCUT2D eigenvalue weighted by atomic mass is 10.1. The van der Waals surface area contributed by atoms with E-state index in [1.807, 2.05) is 0 Å². The van der Waals surface area contributed by atoms with E-state index in [-0.39, 0.29) is 0 Å². The third-order valence-corrected chi connectivity index (χ3v) is 4.40. The molecule has 1 N–H and O–H groups in total. The highest BCUT2D eigenvalue weighted by Crippen LogP contribution is 2.38. The number of carbonyl (C=O) groups excluding carboxylic acids is 2. The van der Waals surface area contributed by atoms with Gasteiger partial charge >= 0.3 is 5.97 Å². The summed E-state index contributed by atoms with van der Waals surface area (Å²) in [5, 5.41) is 2.68. The van der Waals surface area contributed by atoms with Crippen LogP contribution in [-0.2, 0) is 14.3 Å². The van der Waals surface area contributed by atoms with Crippen LogP contribution in [0.25, 0.3) is 6.08 Å². The van der Waals surface area contributed by atoms with Gasteiger partial charge in [0.25, 0.3) is 5.91 Å². The Morgan fingerprint density at radius 1 is 1.00 bits per heavy atom. The molecule has 1 atom stereocenters. The second-order valence-corrected chi connectivity index (χ2v) is 6.78. The lowest BCUT2D eigenvalue weighted by molar-refractivity contribution is -0.148. The van der Waals surface area contributed by atoms with Gasteiger partial charge in [0.2, 0.25) is 5.75 Å². The Bertz CT molecular complexity index is 870. The second-order valence-electron chi connectivity index (χ2n) is 5.87. The molecule has 0 bridgehead atoms. The predicted molar refractivity (Wildman–Crippen MR) is 113 cm³/mol. The van der Waals surface area contributed by atoms with E-state index >= 15 is 0 Å². The van der Waals surface area contributed by atoms with E-state index in [9.17, 15) is 9.59 Å². The number of nitrogens with one attached hydrogen (secondary N) is 1. The van der Waals surface area contributed by atoms with Gasteiger partial charge in [-0.3, -0.25) is 4.79 Å². The molecule has 7 nitrogen and oxygen atoms in total. The molecule has 0 saturated carbocycles. The van der Waals surface area contributed by atoms with Gasteiger partial charge in [-0.25, -0.2) is 4.79 Å². The van der Waals surface area contributed by atoms with Crippen LogP contribution in [0.3, 0.4) is 0 Å². The minimum atomic E-state index is -0.962. The Morgan fingerprint density at radius 3 is 2.10 bits per heavy atom. The lowest BCUT2D eigenvalue weighted by Crippen LogP contribution is -2.29. The zero-order valence-corrected chi connectivity index (χ0v) is 18.1. The van der Waals surface area contributed by atoms with Gasteiger partial charge in [0.05, 0.1) is 21.3 Å². The summed E-state index contributed by atoms with van der Waals surface area (Å²) in [6, 6.07) is 10.4. The zero-order chi connectivity index (χ0) is 21.4. The average Bonchev–Trinajstić information content (AvgIpc) is 2.72. The smallest absolute Gasteiger partial charge is 0.331 e. The summed E-state index contributed by atoms with van der Waals surface area (Å²) in [5.41, 5.74) is 1.25. The van der Waals surface area contributed by atoms with E-state index in [1.165, 1.54) is 40.4 Å². The van der Waals surface area contributed by atoms with Crippen LogP contribution in [0.5, 0.6) is 17.2 Å². The highest BCUT2D eigenvalue weighted by molar-refractivity contribution is 9.10. The first-order valence-corrected chi connectivity index (χ1v) is 9.42. The monoisotopic (exact) mass is 463 g/mol. The molecule has 29 heavy (non-hydrogen) atoms. The van der Waals surface area contributed by atoms with Gasteiger partial charge < -0.3 is 24.3 Å². The van der Waals surface area contributed by atoms with Crippen LogP contribution >= 0.6 is 15.9 Å². The number of amides is 1. The Hall–Kier alpha value is -3.00. The van der Waals surface area contributed by atoms with Crippen LogP contribution in [0.1, 0.15) is 12.5 Å². The molecular formula is C21H22BrNO6. The first-order valence-electron chi connectivity index (χ1n) is 8.63. The zero-order valence-electron chi connectivity index (χ0n) is 16.5. The van der Waals surface area contributed by atoms with Crippen molar-refractivity contribution in [1.29, 1.82) is 0 Å². The molecule has 2 aromatic rings. The van der Waals surface area contributed by atoms with E-state index in [1.54, 1.807) is 36.4 Å². The molecule has 2 rings (SSSR count). The number of ether oxygens (including phenoxy) is 4. The molecular weight excluding hydrogens is 442 g/mol. The number of esters is 1. The molecule has 0 aliphatic heterocycles. The molecule has 0 heterocycles. The van der Waals surface area contributed by atoms with E-state index in [2.05, 4.69) is 21.2 Å². The Labute approximate surface area is 177 Å². The van der Waals surface area contributed by atoms with Crippen molar-refractivity contribution in [2.45, 2.75) is 13.0 Å². The van der Waals surface area contributed by atoms with E-state index < -0.39 is 18.0 Å². The first-order chi connectivity index (χ1) is 13.9. The van der Waals surface area contributed by atoms with Gasteiger partial charge in [-0.15, -0.1) is 0 Å². The summed E-state index contributed by atoms with van der Waals surface area (Å²) in [4.78, 5) is 24.3. The van der Waals surface area contributed by atoms with Crippen molar-refractivity contribution in [3.05, 3.63) is 52.5 Å². The van der Waals surface area contributed by atoms with Crippen LogP contribution in [0, 0.1) is 0 Å². The summed E-state index contributed by atoms with van der Waals surface area (Å²) in [6.45, 7) is 1.50.